The molecule has 4 rings (SSSR count). The van der Waals surface area contributed by atoms with Crippen molar-refractivity contribution in [2.75, 3.05) is 5.32 Å². The van der Waals surface area contributed by atoms with Crippen LogP contribution in [-0.2, 0) is 0 Å². The van der Waals surface area contributed by atoms with Crippen molar-refractivity contribution < 1.29 is 4.79 Å². The molecule has 0 radical (unpaired) electrons. The van der Waals surface area contributed by atoms with Crippen molar-refractivity contribution in [3.05, 3.63) is 101 Å². The molecule has 2 heteroatoms. The number of nitrogens with one attached hydrogen (secondary N) is 1. The van der Waals surface area contributed by atoms with Gasteiger partial charge in [-0.2, -0.15) is 0 Å². The molecule has 0 spiro atoms. The molecule has 0 fully saturated rings. The van der Waals surface area contributed by atoms with E-state index in [1.807, 2.05) is 54.6 Å². The monoisotopic (exact) mass is 325 g/mol. The molecule has 1 aliphatic carbocycles. The second-order valence-electron chi connectivity index (χ2n) is 6.43. The summed E-state index contributed by atoms with van der Waals surface area (Å²) in [7, 11) is 0. The van der Waals surface area contributed by atoms with Gasteiger partial charge in [0.05, 0.1) is 11.3 Å². The predicted molar refractivity (Wildman–Crippen MR) is 104 cm³/mol. The molecule has 0 amide bonds. The standard InChI is InChI=1S/C23H19NO/c1-15-12-13-16(2)20(14-15)24-22-18-10-6-7-11-19(18)23(25)21(22)17-8-4-3-5-9-17/h3-14,24H,1-2H3. The van der Waals surface area contributed by atoms with Crippen molar-refractivity contribution in [2.45, 2.75) is 13.8 Å². The fourth-order valence-electron chi connectivity index (χ4n) is 3.30. The lowest BCUT2D eigenvalue weighted by Crippen LogP contribution is -2.02. The number of carbonyl (C=O) groups is 1. The van der Waals surface area contributed by atoms with Crippen molar-refractivity contribution in [2.24, 2.45) is 0 Å². The summed E-state index contributed by atoms with van der Waals surface area (Å²) >= 11 is 0. The average Bonchev–Trinajstić information content (AvgIpc) is 2.91. The van der Waals surface area contributed by atoms with Crippen LogP contribution in [0.25, 0.3) is 11.3 Å². The molecule has 1 N–H and O–H groups in total. The molecule has 0 heterocycles. The van der Waals surface area contributed by atoms with Crippen molar-refractivity contribution in [3.63, 3.8) is 0 Å². The number of rotatable bonds is 3. The van der Waals surface area contributed by atoms with E-state index in [1.54, 1.807) is 0 Å². The normalized spacial score (nSPS) is 13.1. The van der Waals surface area contributed by atoms with Crippen LogP contribution in [0.4, 0.5) is 5.69 Å². The lowest BCUT2D eigenvalue weighted by molar-refractivity contribution is 0.105. The van der Waals surface area contributed by atoms with Gasteiger partial charge in [-0.3, -0.25) is 4.79 Å². The summed E-state index contributed by atoms with van der Waals surface area (Å²) in [4.78, 5) is 13.1. The number of anilines is 1. The van der Waals surface area contributed by atoms with Gasteiger partial charge in [0.15, 0.2) is 5.78 Å². The smallest absolute Gasteiger partial charge is 0.196 e. The van der Waals surface area contributed by atoms with Gasteiger partial charge >= 0.3 is 0 Å². The summed E-state index contributed by atoms with van der Waals surface area (Å²) < 4.78 is 0. The lowest BCUT2D eigenvalue weighted by Gasteiger charge is -2.14. The molecular weight excluding hydrogens is 306 g/mol. The molecule has 25 heavy (non-hydrogen) atoms. The second-order valence-corrected chi connectivity index (χ2v) is 6.43. The molecule has 0 aromatic heterocycles. The van der Waals surface area contributed by atoms with Gasteiger partial charge < -0.3 is 5.32 Å². The highest BCUT2D eigenvalue weighted by Crippen LogP contribution is 2.39. The zero-order valence-electron chi connectivity index (χ0n) is 14.3. The Kier molecular flexibility index (Phi) is 3.73. The number of Topliss-reactive ketones (excluding diaryl/α,β-unsaturated/α-hetero) is 1. The molecule has 3 aromatic rings. The first-order valence-electron chi connectivity index (χ1n) is 8.43. The maximum atomic E-state index is 13.1. The van der Waals surface area contributed by atoms with Gasteiger partial charge in [-0.15, -0.1) is 0 Å². The molecule has 0 saturated heterocycles. The summed E-state index contributed by atoms with van der Waals surface area (Å²) in [5.74, 6) is 0.0783. The van der Waals surface area contributed by atoms with Crippen LogP contribution in [-0.4, -0.2) is 5.78 Å². The number of carbonyl (C=O) groups excluding carboxylic acids is 1. The summed E-state index contributed by atoms with van der Waals surface area (Å²) in [5, 5.41) is 3.54. The molecule has 0 atom stereocenters. The highest BCUT2D eigenvalue weighted by Gasteiger charge is 2.30. The summed E-state index contributed by atoms with van der Waals surface area (Å²) in [6.07, 6.45) is 0. The van der Waals surface area contributed by atoms with Crippen LogP contribution < -0.4 is 5.32 Å². The zero-order valence-corrected chi connectivity index (χ0v) is 14.3. The molecular formula is C23H19NO. The van der Waals surface area contributed by atoms with Crippen molar-refractivity contribution in [3.8, 4) is 0 Å². The fourth-order valence-corrected chi connectivity index (χ4v) is 3.30. The zero-order chi connectivity index (χ0) is 17.4. The van der Waals surface area contributed by atoms with Gasteiger partial charge in [0.1, 0.15) is 0 Å². The van der Waals surface area contributed by atoms with E-state index in [0.29, 0.717) is 0 Å². The second kappa shape index (κ2) is 6.06. The van der Waals surface area contributed by atoms with E-state index in [1.165, 1.54) is 5.56 Å². The number of benzene rings is 3. The van der Waals surface area contributed by atoms with Crippen LogP contribution in [0.15, 0.2) is 72.8 Å². The Labute approximate surface area is 147 Å². The quantitative estimate of drug-likeness (QED) is 0.691. The minimum atomic E-state index is 0.0783. The Morgan fingerprint density at radius 2 is 1.44 bits per heavy atom. The minimum absolute atomic E-state index is 0.0783. The van der Waals surface area contributed by atoms with Gasteiger partial charge in [-0.05, 0) is 36.6 Å². The van der Waals surface area contributed by atoms with E-state index < -0.39 is 0 Å². The first kappa shape index (κ1) is 15.4. The minimum Gasteiger partial charge on any atom is -0.354 e. The summed E-state index contributed by atoms with van der Waals surface area (Å²) in [6.45, 7) is 4.15. The fraction of sp³-hybridized carbons (Fsp3) is 0.0870. The summed E-state index contributed by atoms with van der Waals surface area (Å²) in [5.41, 5.74) is 7.67. The van der Waals surface area contributed by atoms with Gasteiger partial charge in [0.25, 0.3) is 0 Å². The van der Waals surface area contributed by atoms with E-state index in [2.05, 4.69) is 37.4 Å². The molecule has 3 aromatic carbocycles. The van der Waals surface area contributed by atoms with Gasteiger partial charge in [-0.25, -0.2) is 0 Å². The van der Waals surface area contributed by atoms with E-state index in [9.17, 15) is 4.79 Å². The molecule has 0 saturated carbocycles. The van der Waals surface area contributed by atoms with Crippen LogP contribution in [0.2, 0.25) is 0 Å². The Morgan fingerprint density at radius 3 is 2.20 bits per heavy atom. The van der Waals surface area contributed by atoms with Crippen molar-refractivity contribution >= 4 is 22.7 Å². The van der Waals surface area contributed by atoms with Gasteiger partial charge in [-0.1, -0.05) is 66.7 Å². The van der Waals surface area contributed by atoms with E-state index in [4.69, 9.17) is 0 Å². The first-order valence-corrected chi connectivity index (χ1v) is 8.43. The average molecular weight is 325 g/mol. The molecule has 122 valence electrons. The van der Waals surface area contributed by atoms with Crippen LogP contribution in [0.3, 0.4) is 0 Å². The highest BCUT2D eigenvalue weighted by atomic mass is 16.1. The summed E-state index contributed by atoms with van der Waals surface area (Å²) in [6, 6.07) is 24.0. The van der Waals surface area contributed by atoms with Crippen LogP contribution in [0.5, 0.6) is 0 Å². The Morgan fingerprint density at radius 1 is 0.760 bits per heavy atom. The van der Waals surface area contributed by atoms with E-state index >= 15 is 0 Å². The van der Waals surface area contributed by atoms with Gasteiger partial charge in [0, 0.05) is 16.8 Å². The number of hydrogen-bond acceptors (Lipinski definition) is 2. The Balaban J connectivity index is 1.91. The number of allylic oxidation sites excluding steroid dienone is 1. The number of aryl methyl sites for hydroxylation is 2. The maximum Gasteiger partial charge on any atom is 0.196 e. The van der Waals surface area contributed by atoms with Crippen molar-refractivity contribution in [1.29, 1.82) is 0 Å². The SMILES string of the molecule is Cc1ccc(C)c(NC2=C(c3ccccc3)C(=O)c3ccccc32)c1. The van der Waals surface area contributed by atoms with Gasteiger partial charge in [0.2, 0.25) is 0 Å². The third-order valence-electron chi connectivity index (χ3n) is 4.63. The number of fused-ring (bicyclic) bond motifs is 1. The number of ketones is 1. The third kappa shape index (κ3) is 2.66. The van der Waals surface area contributed by atoms with Crippen LogP contribution in [0, 0.1) is 13.8 Å². The highest BCUT2D eigenvalue weighted by molar-refractivity contribution is 6.40. The molecule has 0 unspecified atom stereocenters. The molecule has 2 nitrogen and oxygen atoms in total. The van der Waals surface area contributed by atoms with Crippen LogP contribution >= 0.6 is 0 Å². The molecule has 0 bridgehead atoms. The van der Waals surface area contributed by atoms with E-state index in [-0.39, 0.29) is 5.78 Å². The Hall–Kier alpha value is -3.13. The van der Waals surface area contributed by atoms with E-state index in [0.717, 1.165) is 39.2 Å². The molecule has 1 aliphatic rings. The number of hydrogen-bond donors (Lipinski definition) is 1. The first-order chi connectivity index (χ1) is 12.1. The Bertz CT molecular complexity index is 1000. The third-order valence-corrected chi connectivity index (χ3v) is 4.63. The lowest BCUT2D eigenvalue weighted by atomic mass is 10.0. The predicted octanol–water partition coefficient (Wildman–Crippen LogP) is 5.48. The maximum absolute atomic E-state index is 13.1. The van der Waals surface area contributed by atoms with Crippen molar-refractivity contribution in [1.82, 2.24) is 0 Å². The largest absolute Gasteiger partial charge is 0.354 e. The molecule has 0 aliphatic heterocycles. The topological polar surface area (TPSA) is 29.1 Å². The van der Waals surface area contributed by atoms with Crippen LogP contribution in [0.1, 0.15) is 32.6 Å².